The van der Waals surface area contributed by atoms with Crippen LogP contribution in [0.3, 0.4) is 0 Å². The number of likely N-dealkylation sites (N-methyl/N-ethyl adjacent to an activating group) is 1. The van der Waals surface area contributed by atoms with E-state index >= 15 is 0 Å². The number of hydrogen-bond acceptors (Lipinski definition) is 3. The van der Waals surface area contributed by atoms with E-state index in [1.807, 2.05) is 38.2 Å². The van der Waals surface area contributed by atoms with Crippen LogP contribution >= 0.6 is 12.4 Å². The summed E-state index contributed by atoms with van der Waals surface area (Å²) in [6.45, 7) is 4.14. The van der Waals surface area contributed by atoms with Crippen molar-refractivity contribution in [1.82, 2.24) is 10.2 Å². The number of carbonyl (C=O) groups is 1. The number of rotatable bonds is 5. The molecule has 1 atom stereocenters. The highest BCUT2D eigenvalue weighted by atomic mass is 35.5. The standard InChI is InChI=1S/C16H24N2O2.ClH/c1-3-20-15-10-5-4-8-13(15)12-18(2)16(19)14-9-6-7-11-17-14;/h4-5,8,10,14,17H,3,6-7,9,11-12H2,1-2H3;1H/t14-;/m1./s1. The first-order valence-corrected chi connectivity index (χ1v) is 7.41. The maximum Gasteiger partial charge on any atom is 0.239 e. The number of ether oxygens (including phenoxy) is 1. The van der Waals surface area contributed by atoms with Gasteiger partial charge in [-0.15, -0.1) is 12.4 Å². The van der Waals surface area contributed by atoms with Crippen molar-refractivity contribution in [2.75, 3.05) is 20.2 Å². The molecule has 0 spiro atoms. The molecule has 0 saturated carbocycles. The third kappa shape index (κ3) is 4.90. The molecule has 0 bridgehead atoms. The maximum atomic E-state index is 12.4. The number of benzene rings is 1. The highest BCUT2D eigenvalue weighted by Crippen LogP contribution is 2.20. The molecular weight excluding hydrogens is 288 g/mol. The van der Waals surface area contributed by atoms with Gasteiger partial charge in [-0.25, -0.2) is 0 Å². The summed E-state index contributed by atoms with van der Waals surface area (Å²) >= 11 is 0. The van der Waals surface area contributed by atoms with Gasteiger partial charge in [0.25, 0.3) is 0 Å². The molecular formula is C16H25ClN2O2. The second-order valence-electron chi connectivity index (χ2n) is 5.24. The van der Waals surface area contributed by atoms with Gasteiger partial charge in [0, 0.05) is 19.2 Å². The van der Waals surface area contributed by atoms with E-state index in [0.717, 1.165) is 30.7 Å². The lowest BCUT2D eigenvalue weighted by atomic mass is 10.0. The third-order valence-electron chi connectivity index (χ3n) is 3.66. The molecule has 1 fully saturated rings. The van der Waals surface area contributed by atoms with E-state index in [2.05, 4.69) is 5.32 Å². The molecule has 1 N–H and O–H groups in total. The lowest BCUT2D eigenvalue weighted by Gasteiger charge is -2.28. The van der Waals surface area contributed by atoms with Crippen molar-refractivity contribution in [3.63, 3.8) is 0 Å². The normalized spacial score (nSPS) is 17.7. The van der Waals surface area contributed by atoms with Crippen LogP contribution in [0.15, 0.2) is 24.3 Å². The average molecular weight is 313 g/mol. The zero-order valence-electron chi connectivity index (χ0n) is 12.8. The topological polar surface area (TPSA) is 41.6 Å². The monoisotopic (exact) mass is 312 g/mol. The van der Waals surface area contributed by atoms with Crippen LogP contribution < -0.4 is 10.1 Å². The molecule has 2 rings (SSSR count). The number of amides is 1. The Morgan fingerprint density at radius 3 is 2.81 bits per heavy atom. The van der Waals surface area contributed by atoms with Gasteiger partial charge in [-0.1, -0.05) is 24.6 Å². The van der Waals surface area contributed by atoms with Crippen LogP contribution in [0, 0.1) is 0 Å². The van der Waals surface area contributed by atoms with Crippen molar-refractivity contribution in [3.05, 3.63) is 29.8 Å². The first-order chi connectivity index (χ1) is 9.72. The summed E-state index contributed by atoms with van der Waals surface area (Å²) in [4.78, 5) is 14.2. The second-order valence-corrected chi connectivity index (χ2v) is 5.24. The molecule has 21 heavy (non-hydrogen) atoms. The predicted molar refractivity (Wildman–Crippen MR) is 87.0 cm³/mol. The van der Waals surface area contributed by atoms with Crippen LogP contribution in [-0.2, 0) is 11.3 Å². The number of para-hydroxylation sites is 1. The molecule has 1 aromatic rings. The quantitative estimate of drug-likeness (QED) is 0.908. The van der Waals surface area contributed by atoms with Crippen LogP contribution in [0.1, 0.15) is 31.7 Å². The Bertz CT molecular complexity index is 448. The van der Waals surface area contributed by atoms with Crippen LogP contribution in [-0.4, -0.2) is 37.0 Å². The summed E-state index contributed by atoms with van der Waals surface area (Å²) in [6, 6.07) is 7.89. The van der Waals surface area contributed by atoms with E-state index < -0.39 is 0 Å². The van der Waals surface area contributed by atoms with Crippen molar-refractivity contribution in [3.8, 4) is 5.75 Å². The number of hydrogen-bond donors (Lipinski definition) is 1. The van der Waals surface area contributed by atoms with Gasteiger partial charge in [0.05, 0.1) is 12.6 Å². The highest BCUT2D eigenvalue weighted by Gasteiger charge is 2.23. The minimum Gasteiger partial charge on any atom is -0.494 e. The van der Waals surface area contributed by atoms with Crippen LogP contribution in [0.2, 0.25) is 0 Å². The van der Waals surface area contributed by atoms with E-state index in [1.165, 1.54) is 6.42 Å². The second kappa shape index (κ2) is 8.90. The molecule has 0 radical (unpaired) electrons. The zero-order chi connectivity index (χ0) is 14.4. The minimum absolute atomic E-state index is 0. The molecule has 1 aliphatic rings. The molecule has 0 aliphatic carbocycles. The number of piperidine rings is 1. The van der Waals surface area contributed by atoms with Crippen molar-refractivity contribution in [2.45, 2.75) is 38.8 Å². The Morgan fingerprint density at radius 1 is 1.38 bits per heavy atom. The molecule has 1 aromatic carbocycles. The summed E-state index contributed by atoms with van der Waals surface area (Å²) in [5.74, 6) is 1.04. The van der Waals surface area contributed by atoms with Crippen molar-refractivity contribution >= 4 is 18.3 Å². The van der Waals surface area contributed by atoms with Crippen molar-refractivity contribution in [1.29, 1.82) is 0 Å². The molecule has 118 valence electrons. The Hall–Kier alpha value is -1.26. The zero-order valence-corrected chi connectivity index (χ0v) is 13.6. The van der Waals surface area contributed by atoms with Crippen LogP contribution in [0.5, 0.6) is 5.75 Å². The van der Waals surface area contributed by atoms with Gasteiger partial charge < -0.3 is 15.0 Å². The Labute approximate surface area is 133 Å². The smallest absolute Gasteiger partial charge is 0.239 e. The number of nitrogens with one attached hydrogen (secondary N) is 1. The predicted octanol–water partition coefficient (Wildman–Crippen LogP) is 2.61. The van der Waals surface area contributed by atoms with Gasteiger partial charge in [0.15, 0.2) is 0 Å². The highest BCUT2D eigenvalue weighted by molar-refractivity contribution is 5.85. The van der Waals surface area contributed by atoms with Crippen LogP contribution in [0.25, 0.3) is 0 Å². The summed E-state index contributed by atoms with van der Waals surface area (Å²) in [5, 5.41) is 3.30. The van der Waals surface area contributed by atoms with E-state index in [9.17, 15) is 4.79 Å². The fourth-order valence-electron chi connectivity index (χ4n) is 2.59. The molecule has 4 nitrogen and oxygen atoms in total. The number of halogens is 1. The van der Waals surface area contributed by atoms with Crippen LogP contribution in [0.4, 0.5) is 0 Å². The first kappa shape index (κ1) is 17.8. The fraction of sp³-hybridized carbons (Fsp3) is 0.562. The Kier molecular flexibility index (Phi) is 7.54. The fourth-order valence-corrected chi connectivity index (χ4v) is 2.59. The Morgan fingerprint density at radius 2 is 2.14 bits per heavy atom. The summed E-state index contributed by atoms with van der Waals surface area (Å²) in [6.07, 6.45) is 3.24. The molecule has 0 unspecified atom stereocenters. The third-order valence-corrected chi connectivity index (χ3v) is 3.66. The first-order valence-electron chi connectivity index (χ1n) is 7.41. The SMILES string of the molecule is CCOc1ccccc1CN(C)C(=O)[C@H]1CCCCN1.Cl. The molecule has 1 amide bonds. The number of carbonyl (C=O) groups excluding carboxylic acids is 1. The van der Waals surface area contributed by atoms with E-state index in [0.29, 0.717) is 13.2 Å². The van der Waals surface area contributed by atoms with Gasteiger partial charge in [-0.3, -0.25) is 4.79 Å². The van der Waals surface area contributed by atoms with Gasteiger partial charge in [-0.05, 0) is 32.4 Å². The largest absolute Gasteiger partial charge is 0.494 e. The molecule has 5 heteroatoms. The van der Waals surface area contributed by atoms with Crippen molar-refractivity contribution < 1.29 is 9.53 Å². The molecule has 0 aromatic heterocycles. The van der Waals surface area contributed by atoms with Gasteiger partial charge in [0.2, 0.25) is 5.91 Å². The van der Waals surface area contributed by atoms with E-state index in [4.69, 9.17) is 4.74 Å². The van der Waals surface area contributed by atoms with E-state index in [-0.39, 0.29) is 24.4 Å². The van der Waals surface area contributed by atoms with Gasteiger partial charge >= 0.3 is 0 Å². The molecule has 1 heterocycles. The summed E-state index contributed by atoms with van der Waals surface area (Å²) < 4.78 is 5.61. The Balaban J connectivity index is 0.00000220. The number of nitrogens with zero attached hydrogens (tertiary/aromatic N) is 1. The van der Waals surface area contributed by atoms with E-state index in [1.54, 1.807) is 4.90 Å². The lowest BCUT2D eigenvalue weighted by Crippen LogP contribution is -2.47. The average Bonchev–Trinajstić information content (AvgIpc) is 2.49. The molecule has 1 saturated heterocycles. The summed E-state index contributed by atoms with van der Waals surface area (Å²) in [5.41, 5.74) is 1.06. The van der Waals surface area contributed by atoms with Crippen molar-refractivity contribution in [2.24, 2.45) is 0 Å². The molecule has 1 aliphatic heterocycles. The summed E-state index contributed by atoms with van der Waals surface area (Å²) in [7, 11) is 1.86. The maximum absolute atomic E-state index is 12.4. The van der Waals surface area contributed by atoms with Gasteiger partial charge in [-0.2, -0.15) is 0 Å². The lowest BCUT2D eigenvalue weighted by molar-refractivity contribution is -0.133. The van der Waals surface area contributed by atoms with Gasteiger partial charge in [0.1, 0.15) is 5.75 Å². The minimum atomic E-state index is -0.0204.